The Morgan fingerprint density at radius 3 is 2.46 bits per heavy atom. The van der Waals surface area contributed by atoms with Crippen molar-refractivity contribution in [2.24, 2.45) is 5.41 Å². The maximum absolute atomic E-state index is 12.9. The van der Waals surface area contributed by atoms with Gasteiger partial charge in [-0.3, -0.25) is 0 Å². The Kier molecular flexibility index (Phi) is 6.68. The van der Waals surface area contributed by atoms with Crippen molar-refractivity contribution in [2.45, 2.75) is 70.4 Å². The minimum absolute atomic E-state index is 0.194. The van der Waals surface area contributed by atoms with Crippen LogP contribution in [0.2, 0.25) is 0 Å². The zero-order valence-electron chi connectivity index (χ0n) is 16.7. The standard InChI is InChI=1S/C23H32O2S/c1-6-20(26(24,25)21-12-8-7-9-13-21)17-18(2)14-15-22-19(3)11-10-16-23(22,4)5/h7-9,12-15,17,20H,6,10-11,16H2,1-5H3/b15-14+,18-17+. The molecular weight excluding hydrogens is 340 g/mol. The van der Waals surface area contributed by atoms with Gasteiger partial charge in [0.2, 0.25) is 0 Å². The van der Waals surface area contributed by atoms with Crippen molar-refractivity contribution in [3.8, 4) is 0 Å². The van der Waals surface area contributed by atoms with Crippen LogP contribution < -0.4 is 0 Å². The quantitative estimate of drug-likeness (QED) is 0.552. The van der Waals surface area contributed by atoms with Crippen molar-refractivity contribution in [3.05, 3.63) is 65.3 Å². The summed E-state index contributed by atoms with van der Waals surface area (Å²) >= 11 is 0. The average Bonchev–Trinajstić information content (AvgIpc) is 2.59. The fourth-order valence-electron chi connectivity index (χ4n) is 3.79. The van der Waals surface area contributed by atoms with E-state index in [-0.39, 0.29) is 5.41 Å². The van der Waals surface area contributed by atoms with Crippen LogP contribution in [0.5, 0.6) is 0 Å². The molecule has 1 unspecified atom stereocenters. The first kappa shape index (κ1) is 20.7. The van der Waals surface area contributed by atoms with Crippen LogP contribution in [0.1, 0.15) is 60.3 Å². The molecule has 0 fully saturated rings. The molecule has 2 nitrogen and oxygen atoms in total. The Morgan fingerprint density at radius 2 is 1.88 bits per heavy atom. The van der Waals surface area contributed by atoms with Gasteiger partial charge < -0.3 is 0 Å². The zero-order chi connectivity index (χ0) is 19.4. The van der Waals surface area contributed by atoms with Gasteiger partial charge in [0.1, 0.15) is 0 Å². The lowest BCUT2D eigenvalue weighted by atomic mass is 9.72. The summed E-state index contributed by atoms with van der Waals surface area (Å²) in [5.41, 5.74) is 4.04. The molecule has 0 bridgehead atoms. The third kappa shape index (κ3) is 4.76. The van der Waals surface area contributed by atoms with E-state index in [1.54, 1.807) is 24.3 Å². The van der Waals surface area contributed by atoms with Gasteiger partial charge in [-0.2, -0.15) is 0 Å². The molecule has 1 aliphatic rings. The van der Waals surface area contributed by atoms with Gasteiger partial charge in [0.25, 0.3) is 0 Å². The maximum Gasteiger partial charge on any atom is 0.184 e. The Hall–Kier alpha value is -1.61. The lowest BCUT2D eigenvalue weighted by molar-refractivity contribution is 0.377. The topological polar surface area (TPSA) is 34.1 Å². The molecule has 0 saturated heterocycles. The molecule has 1 atom stereocenters. The van der Waals surface area contributed by atoms with E-state index in [0.29, 0.717) is 11.3 Å². The molecule has 0 aromatic heterocycles. The van der Waals surface area contributed by atoms with E-state index in [0.717, 1.165) is 12.0 Å². The highest BCUT2D eigenvalue weighted by Crippen LogP contribution is 2.40. The van der Waals surface area contributed by atoms with Crippen molar-refractivity contribution >= 4 is 9.84 Å². The van der Waals surface area contributed by atoms with E-state index in [2.05, 4.69) is 32.9 Å². The van der Waals surface area contributed by atoms with Crippen LogP contribution in [0.4, 0.5) is 0 Å². The Balaban J connectivity index is 2.27. The number of benzene rings is 1. The summed E-state index contributed by atoms with van der Waals surface area (Å²) in [4.78, 5) is 0.395. The largest absolute Gasteiger partial charge is 0.223 e. The van der Waals surface area contributed by atoms with E-state index in [1.807, 2.05) is 26.0 Å². The second-order valence-electron chi connectivity index (χ2n) is 7.98. The molecule has 0 heterocycles. The second kappa shape index (κ2) is 8.39. The third-order valence-corrected chi connectivity index (χ3v) is 7.57. The molecular formula is C23H32O2S. The molecule has 1 aromatic rings. The van der Waals surface area contributed by atoms with Crippen LogP contribution in [-0.2, 0) is 9.84 Å². The minimum atomic E-state index is -3.35. The van der Waals surface area contributed by atoms with Crippen LogP contribution >= 0.6 is 0 Å². The normalized spacial score (nSPS) is 19.8. The first-order valence-electron chi connectivity index (χ1n) is 9.54. The van der Waals surface area contributed by atoms with Gasteiger partial charge in [-0.05, 0) is 62.7 Å². The fraction of sp³-hybridized carbons (Fsp3) is 0.478. The maximum atomic E-state index is 12.9. The molecule has 0 saturated carbocycles. The van der Waals surface area contributed by atoms with Crippen molar-refractivity contribution in [1.82, 2.24) is 0 Å². The van der Waals surface area contributed by atoms with Gasteiger partial charge in [0, 0.05) is 0 Å². The number of sulfone groups is 1. The predicted molar refractivity (Wildman–Crippen MR) is 111 cm³/mol. The SMILES string of the molecule is CCC(/C=C(C)/C=C/C1=C(C)CCCC1(C)C)S(=O)(=O)c1ccccc1. The predicted octanol–water partition coefficient (Wildman–Crippen LogP) is 6.27. The lowest BCUT2D eigenvalue weighted by Crippen LogP contribution is -2.19. The summed E-state index contributed by atoms with van der Waals surface area (Å²) in [5, 5.41) is -0.496. The molecule has 0 radical (unpaired) electrons. The summed E-state index contributed by atoms with van der Waals surface area (Å²) in [5.74, 6) is 0. The first-order chi connectivity index (χ1) is 12.2. The van der Waals surface area contributed by atoms with Crippen LogP contribution in [-0.4, -0.2) is 13.7 Å². The van der Waals surface area contributed by atoms with Gasteiger partial charge in [-0.15, -0.1) is 0 Å². The summed E-state index contributed by atoms with van der Waals surface area (Å²) in [6.45, 7) is 10.7. The molecule has 0 aliphatic heterocycles. The molecule has 0 N–H and O–H groups in total. The highest BCUT2D eigenvalue weighted by Gasteiger charge is 2.27. The van der Waals surface area contributed by atoms with E-state index in [9.17, 15) is 8.42 Å². The monoisotopic (exact) mass is 372 g/mol. The Morgan fingerprint density at radius 1 is 1.23 bits per heavy atom. The summed E-state index contributed by atoms with van der Waals surface area (Å²) in [6, 6.07) is 8.74. The minimum Gasteiger partial charge on any atom is -0.223 e. The molecule has 3 heteroatoms. The zero-order valence-corrected chi connectivity index (χ0v) is 17.6. The van der Waals surface area contributed by atoms with Gasteiger partial charge in [0.15, 0.2) is 9.84 Å². The summed E-state index contributed by atoms with van der Waals surface area (Å²) < 4.78 is 25.8. The average molecular weight is 373 g/mol. The van der Waals surface area contributed by atoms with Gasteiger partial charge in [-0.1, -0.05) is 68.3 Å². The Labute approximate surface area is 159 Å². The van der Waals surface area contributed by atoms with Crippen molar-refractivity contribution < 1.29 is 8.42 Å². The fourth-order valence-corrected chi connectivity index (χ4v) is 5.50. The van der Waals surface area contributed by atoms with Crippen LogP contribution in [0.25, 0.3) is 0 Å². The number of rotatable bonds is 6. The molecule has 1 aliphatic carbocycles. The number of allylic oxidation sites excluding steroid dienone is 5. The second-order valence-corrected chi connectivity index (χ2v) is 10.1. The molecule has 0 spiro atoms. The smallest absolute Gasteiger partial charge is 0.184 e. The molecule has 1 aromatic carbocycles. The molecule has 2 rings (SSSR count). The van der Waals surface area contributed by atoms with Crippen molar-refractivity contribution in [1.29, 1.82) is 0 Å². The van der Waals surface area contributed by atoms with E-state index in [1.165, 1.54) is 24.0 Å². The number of hydrogen-bond donors (Lipinski definition) is 0. The highest BCUT2D eigenvalue weighted by molar-refractivity contribution is 7.92. The summed E-state index contributed by atoms with van der Waals surface area (Å²) in [6.07, 6.45) is 10.3. The van der Waals surface area contributed by atoms with Gasteiger partial charge >= 0.3 is 0 Å². The molecule has 142 valence electrons. The molecule has 0 amide bonds. The van der Waals surface area contributed by atoms with Crippen LogP contribution in [0.3, 0.4) is 0 Å². The van der Waals surface area contributed by atoms with E-state index < -0.39 is 15.1 Å². The summed E-state index contributed by atoms with van der Waals surface area (Å²) in [7, 11) is -3.35. The number of hydrogen-bond acceptors (Lipinski definition) is 2. The van der Waals surface area contributed by atoms with E-state index in [4.69, 9.17) is 0 Å². The first-order valence-corrected chi connectivity index (χ1v) is 11.1. The molecule has 26 heavy (non-hydrogen) atoms. The van der Waals surface area contributed by atoms with Crippen molar-refractivity contribution in [2.75, 3.05) is 0 Å². The van der Waals surface area contributed by atoms with E-state index >= 15 is 0 Å². The van der Waals surface area contributed by atoms with Crippen molar-refractivity contribution in [3.63, 3.8) is 0 Å². The van der Waals surface area contributed by atoms with Crippen LogP contribution in [0.15, 0.2) is 70.2 Å². The van der Waals surface area contributed by atoms with Crippen LogP contribution in [0, 0.1) is 5.41 Å². The third-order valence-electron chi connectivity index (χ3n) is 5.38. The van der Waals surface area contributed by atoms with Gasteiger partial charge in [0.05, 0.1) is 10.1 Å². The Bertz CT molecular complexity index is 809. The lowest BCUT2D eigenvalue weighted by Gasteiger charge is -2.33. The highest BCUT2D eigenvalue weighted by atomic mass is 32.2. The van der Waals surface area contributed by atoms with Gasteiger partial charge in [-0.25, -0.2) is 8.42 Å².